The molecule has 2 aromatic rings. The van der Waals surface area contributed by atoms with Crippen LogP contribution in [-0.2, 0) is 0 Å². The molecule has 7 heteroatoms. The summed E-state index contributed by atoms with van der Waals surface area (Å²) >= 11 is 5.98. The highest BCUT2D eigenvalue weighted by Crippen LogP contribution is 2.32. The van der Waals surface area contributed by atoms with E-state index in [0.717, 1.165) is 37.0 Å². The van der Waals surface area contributed by atoms with Crippen molar-refractivity contribution in [3.8, 4) is 0 Å². The van der Waals surface area contributed by atoms with Gasteiger partial charge < -0.3 is 10.0 Å². The van der Waals surface area contributed by atoms with Crippen LogP contribution in [0.15, 0.2) is 6.20 Å². The first-order valence-corrected chi connectivity index (χ1v) is 6.91. The molecule has 0 aliphatic heterocycles. The molecule has 102 valence electrons. The molecule has 3 rings (SSSR count). The van der Waals surface area contributed by atoms with Gasteiger partial charge >= 0.3 is 0 Å². The Bertz CT molecular complexity index is 568. The number of halogens is 1. The van der Waals surface area contributed by atoms with Gasteiger partial charge in [-0.3, -0.25) is 5.10 Å². The number of rotatable bonds is 5. The van der Waals surface area contributed by atoms with Crippen LogP contribution in [0.4, 0.5) is 5.82 Å². The van der Waals surface area contributed by atoms with Gasteiger partial charge in [-0.2, -0.15) is 15.1 Å². The zero-order chi connectivity index (χ0) is 13.2. The minimum Gasteiger partial charge on any atom is -0.396 e. The molecule has 1 saturated carbocycles. The predicted octanol–water partition coefficient (Wildman–Crippen LogP) is 1.75. The van der Waals surface area contributed by atoms with Crippen LogP contribution in [0.1, 0.15) is 25.7 Å². The first kappa shape index (κ1) is 12.6. The van der Waals surface area contributed by atoms with E-state index in [1.807, 2.05) is 0 Å². The van der Waals surface area contributed by atoms with Gasteiger partial charge in [0.05, 0.1) is 11.6 Å². The monoisotopic (exact) mass is 281 g/mol. The Morgan fingerprint density at radius 1 is 1.42 bits per heavy atom. The molecule has 0 spiro atoms. The fourth-order valence-electron chi connectivity index (χ4n) is 2.41. The van der Waals surface area contributed by atoms with E-state index in [9.17, 15) is 0 Å². The lowest BCUT2D eigenvalue weighted by Gasteiger charge is -2.38. The number of hydrogen-bond acceptors (Lipinski definition) is 5. The second-order valence-electron chi connectivity index (χ2n) is 4.80. The molecule has 2 aromatic heterocycles. The Balaban J connectivity index is 2.00. The average Bonchev–Trinajstić information content (AvgIpc) is 2.78. The fourth-order valence-corrected chi connectivity index (χ4v) is 2.58. The number of aliphatic hydroxyl groups is 1. The maximum absolute atomic E-state index is 9.06. The zero-order valence-electron chi connectivity index (χ0n) is 10.5. The first-order valence-electron chi connectivity index (χ1n) is 6.53. The van der Waals surface area contributed by atoms with Gasteiger partial charge in [-0.05, 0) is 37.3 Å². The molecule has 0 saturated heterocycles. The van der Waals surface area contributed by atoms with E-state index in [1.165, 1.54) is 6.42 Å². The van der Waals surface area contributed by atoms with Crippen molar-refractivity contribution in [2.24, 2.45) is 0 Å². The summed E-state index contributed by atoms with van der Waals surface area (Å²) in [6, 6.07) is 0.482. The third-order valence-corrected chi connectivity index (χ3v) is 3.78. The second-order valence-corrected chi connectivity index (χ2v) is 5.14. The Labute approximate surface area is 115 Å². The van der Waals surface area contributed by atoms with Crippen LogP contribution in [0.25, 0.3) is 11.0 Å². The summed E-state index contributed by atoms with van der Waals surface area (Å²) < 4.78 is 0. The van der Waals surface area contributed by atoms with Crippen LogP contribution in [0, 0.1) is 0 Å². The van der Waals surface area contributed by atoms with Crippen molar-refractivity contribution in [3.05, 3.63) is 11.5 Å². The molecule has 0 bridgehead atoms. The molecular formula is C12H16ClN5O. The van der Waals surface area contributed by atoms with Gasteiger partial charge in [0, 0.05) is 19.2 Å². The van der Waals surface area contributed by atoms with Crippen LogP contribution in [0.3, 0.4) is 0 Å². The van der Waals surface area contributed by atoms with Crippen molar-refractivity contribution in [1.29, 1.82) is 0 Å². The number of aromatic amines is 1. The molecular weight excluding hydrogens is 266 g/mol. The maximum Gasteiger partial charge on any atom is 0.226 e. The minimum atomic E-state index is 0.177. The van der Waals surface area contributed by atoms with E-state index in [4.69, 9.17) is 16.7 Å². The highest BCUT2D eigenvalue weighted by molar-refractivity contribution is 6.28. The molecule has 0 amide bonds. The number of aliphatic hydroxyl groups excluding tert-OH is 1. The molecule has 2 heterocycles. The summed E-state index contributed by atoms with van der Waals surface area (Å²) in [4.78, 5) is 10.7. The molecule has 0 radical (unpaired) electrons. The number of nitrogens with zero attached hydrogens (tertiary/aromatic N) is 4. The summed E-state index contributed by atoms with van der Waals surface area (Å²) in [6.45, 7) is 0.950. The average molecular weight is 282 g/mol. The zero-order valence-corrected chi connectivity index (χ0v) is 11.3. The van der Waals surface area contributed by atoms with Gasteiger partial charge in [-0.1, -0.05) is 0 Å². The number of anilines is 1. The van der Waals surface area contributed by atoms with Crippen molar-refractivity contribution >= 4 is 28.5 Å². The van der Waals surface area contributed by atoms with Gasteiger partial charge in [-0.25, -0.2) is 0 Å². The largest absolute Gasteiger partial charge is 0.396 e. The topological polar surface area (TPSA) is 77.9 Å². The number of nitrogens with one attached hydrogen (secondary N) is 1. The predicted molar refractivity (Wildman–Crippen MR) is 73.4 cm³/mol. The van der Waals surface area contributed by atoms with E-state index in [-0.39, 0.29) is 11.9 Å². The highest BCUT2D eigenvalue weighted by Gasteiger charge is 2.27. The van der Waals surface area contributed by atoms with E-state index in [2.05, 4.69) is 25.1 Å². The maximum atomic E-state index is 9.06. The van der Waals surface area contributed by atoms with Crippen LogP contribution in [0.5, 0.6) is 0 Å². The number of aromatic nitrogens is 4. The summed E-state index contributed by atoms with van der Waals surface area (Å²) in [7, 11) is 0. The normalized spacial score (nSPS) is 15.7. The Hall–Kier alpha value is -1.40. The van der Waals surface area contributed by atoms with E-state index < -0.39 is 0 Å². The highest BCUT2D eigenvalue weighted by atomic mass is 35.5. The van der Waals surface area contributed by atoms with E-state index >= 15 is 0 Å². The summed E-state index contributed by atoms with van der Waals surface area (Å²) in [5.74, 6) is 0.821. The molecule has 0 aromatic carbocycles. The SMILES string of the molecule is OCCCN(c1nc(Cl)nc2[nH]ncc12)C1CCC1. The summed E-state index contributed by atoms with van der Waals surface area (Å²) in [5, 5.41) is 17.0. The van der Waals surface area contributed by atoms with Gasteiger partial charge in [0.25, 0.3) is 0 Å². The Morgan fingerprint density at radius 2 is 2.26 bits per heavy atom. The number of H-pyrrole nitrogens is 1. The van der Waals surface area contributed by atoms with Crippen LogP contribution < -0.4 is 4.90 Å². The van der Waals surface area contributed by atoms with Crippen molar-refractivity contribution < 1.29 is 5.11 Å². The lowest BCUT2D eigenvalue weighted by atomic mass is 9.91. The van der Waals surface area contributed by atoms with Crippen molar-refractivity contribution in [1.82, 2.24) is 20.2 Å². The standard InChI is InChI=1S/C12H16ClN5O/c13-12-15-10-9(7-14-17-10)11(16-12)18(5-2-6-19)8-3-1-4-8/h7-8,19H,1-6H2,(H,14,15,16,17). The second kappa shape index (κ2) is 5.30. The Kier molecular flexibility index (Phi) is 3.52. The third-order valence-electron chi connectivity index (χ3n) is 3.61. The smallest absolute Gasteiger partial charge is 0.226 e. The molecule has 0 atom stereocenters. The van der Waals surface area contributed by atoms with Crippen LogP contribution in [-0.4, -0.2) is 44.5 Å². The van der Waals surface area contributed by atoms with Crippen molar-refractivity contribution in [2.45, 2.75) is 31.7 Å². The molecule has 19 heavy (non-hydrogen) atoms. The van der Waals surface area contributed by atoms with Crippen LogP contribution >= 0.6 is 11.6 Å². The summed E-state index contributed by atoms with van der Waals surface area (Å²) in [5.41, 5.74) is 0.656. The molecule has 1 aliphatic rings. The molecule has 0 unspecified atom stereocenters. The van der Waals surface area contributed by atoms with Gasteiger partial charge in [-0.15, -0.1) is 0 Å². The van der Waals surface area contributed by atoms with E-state index in [1.54, 1.807) is 6.20 Å². The molecule has 2 N–H and O–H groups in total. The number of fused-ring (bicyclic) bond motifs is 1. The van der Waals surface area contributed by atoms with Crippen molar-refractivity contribution in [3.63, 3.8) is 0 Å². The van der Waals surface area contributed by atoms with Crippen LogP contribution in [0.2, 0.25) is 5.28 Å². The minimum absolute atomic E-state index is 0.177. The van der Waals surface area contributed by atoms with Gasteiger partial charge in [0.1, 0.15) is 5.82 Å². The molecule has 1 aliphatic carbocycles. The van der Waals surface area contributed by atoms with Gasteiger partial charge in [0.15, 0.2) is 5.65 Å². The lowest BCUT2D eigenvalue weighted by molar-refractivity contribution is 0.282. The lowest BCUT2D eigenvalue weighted by Crippen LogP contribution is -2.41. The molecule has 6 nitrogen and oxygen atoms in total. The van der Waals surface area contributed by atoms with E-state index in [0.29, 0.717) is 11.7 Å². The summed E-state index contributed by atoms with van der Waals surface area (Å²) in [6.07, 6.45) is 6.01. The first-order chi connectivity index (χ1) is 9.29. The Morgan fingerprint density at radius 3 is 2.95 bits per heavy atom. The molecule has 1 fully saturated rings. The quantitative estimate of drug-likeness (QED) is 0.817. The van der Waals surface area contributed by atoms with Crippen molar-refractivity contribution in [2.75, 3.05) is 18.1 Å². The van der Waals surface area contributed by atoms with Gasteiger partial charge in [0.2, 0.25) is 5.28 Å². The number of hydrogen-bond donors (Lipinski definition) is 2. The third kappa shape index (κ3) is 2.37. The fraction of sp³-hybridized carbons (Fsp3) is 0.583.